The van der Waals surface area contributed by atoms with E-state index in [1.165, 1.54) is 6.07 Å². The van der Waals surface area contributed by atoms with E-state index in [2.05, 4.69) is 4.98 Å². The fourth-order valence-corrected chi connectivity index (χ4v) is 2.42. The topological polar surface area (TPSA) is 76.3 Å². The van der Waals surface area contributed by atoms with Gasteiger partial charge in [-0.25, -0.2) is 4.98 Å². The highest BCUT2D eigenvalue weighted by atomic mass is 16.6. The molecule has 5 heteroatoms. The highest BCUT2D eigenvalue weighted by molar-refractivity contribution is 5.89. The quantitative estimate of drug-likeness (QED) is 0.675. The lowest BCUT2D eigenvalue weighted by Crippen LogP contribution is -2.13. The fraction of sp³-hybridized carbons (Fsp3) is 0.357. The second-order valence-corrected chi connectivity index (χ2v) is 5.01. The normalized spacial score (nSPS) is 16.5. The molecule has 19 heavy (non-hydrogen) atoms. The summed E-state index contributed by atoms with van der Waals surface area (Å²) in [6, 6.07) is 6.77. The molecule has 98 valence electrons. The first-order chi connectivity index (χ1) is 9.16. The van der Waals surface area contributed by atoms with Crippen LogP contribution in [0.1, 0.15) is 18.4 Å². The molecular formula is C14H14N2O3. The lowest BCUT2D eigenvalue weighted by Gasteiger charge is -2.11. The standard InChI is InChI=1S/C14H14N2O3/c17-13(9-4-5-9)8-10-6-7-15-14-11(10)2-1-3-12(14)16(18)19/h1-3,6-7,9,13,17H,4-5,8H2. The van der Waals surface area contributed by atoms with Gasteiger partial charge in [0.15, 0.2) is 0 Å². The smallest absolute Gasteiger partial charge is 0.295 e. The highest BCUT2D eigenvalue weighted by Gasteiger charge is 2.30. The first kappa shape index (κ1) is 12.0. The zero-order valence-corrected chi connectivity index (χ0v) is 10.3. The van der Waals surface area contributed by atoms with Crippen molar-refractivity contribution in [2.75, 3.05) is 0 Å². The average Bonchev–Trinajstić information content (AvgIpc) is 3.22. The van der Waals surface area contributed by atoms with Crippen molar-refractivity contribution in [3.05, 3.63) is 46.1 Å². The maximum atomic E-state index is 11.0. The van der Waals surface area contributed by atoms with E-state index in [1.807, 2.05) is 12.1 Å². The largest absolute Gasteiger partial charge is 0.392 e. The number of nitrogens with zero attached hydrogens (tertiary/aromatic N) is 2. The minimum Gasteiger partial charge on any atom is -0.392 e. The van der Waals surface area contributed by atoms with E-state index in [0.29, 0.717) is 17.9 Å². The molecule has 0 spiro atoms. The number of non-ortho nitro benzene ring substituents is 1. The molecule has 2 aromatic rings. The Morgan fingerprint density at radius 3 is 2.89 bits per heavy atom. The molecule has 1 N–H and O–H groups in total. The van der Waals surface area contributed by atoms with E-state index in [0.717, 1.165) is 23.8 Å². The van der Waals surface area contributed by atoms with Crippen LogP contribution in [0.15, 0.2) is 30.5 Å². The van der Waals surface area contributed by atoms with Gasteiger partial charge in [-0.2, -0.15) is 0 Å². The van der Waals surface area contributed by atoms with Gasteiger partial charge in [0.1, 0.15) is 5.52 Å². The third kappa shape index (κ3) is 2.29. The number of aliphatic hydroxyl groups excluding tert-OH is 1. The second-order valence-electron chi connectivity index (χ2n) is 5.01. The van der Waals surface area contributed by atoms with Gasteiger partial charge >= 0.3 is 0 Å². The van der Waals surface area contributed by atoms with Crippen LogP contribution in [0.4, 0.5) is 5.69 Å². The summed E-state index contributed by atoms with van der Waals surface area (Å²) in [5, 5.41) is 21.8. The van der Waals surface area contributed by atoms with Crippen LogP contribution in [0.5, 0.6) is 0 Å². The Morgan fingerprint density at radius 1 is 1.42 bits per heavy atom. The number of nitro groups is 1. The van der Waals surface area contributed by atoms with Gasteiger partial charge in [0.25, 0.3) is 5.69 Å². The van der Waals surface area contributed by atoms with E-state index in [9.17, 15) is 15.2 Å². The molecule has 0 amide bonds. The van der Waals surface area contributed by atoms with Crippen LogP contribution in [0, 0.1) is 16.0 Å². The van der Waals surface area contributed by atoms with Crippen LogP contribution < -0.4 is 0 Å². The van der Waals surface area contributed by atoms with E-state index >= 15 is 0 Å². The molecule has 1 atom stereocenters. The Hall–Kier alpha value is -2.01. The minimum absolute atomic E-state index is 0.0141. The third-order valence-corrected chi connectivity index (χ3v) is 3.63. The summed E-state index contributed by atoms with van der Waals surface area (Å²) in [7, 11) is 0. The van der Waals surface area contributed by atoms with Crippen molar-refractivity contribution >= 4 is 16.6 Å². The van der Waals surface area contributed by atoms with E-state index in [4.69, 9.17) is 0 Å². The molecule has 0 bridgehead atoms. The zero-order valence-electron chi connectivity index (χ0n) is 10.3. The molecule has 3 rings (SSSR count). The number of hydrogen-bond acceptors (Lipinski definition) is 4. The van der Waals surface area contributed by atoms with Gasteiger partial charge in [0.2, 0.25) is 0 Å². The van der Waals surface area contributed by atoms with Gasteiger partial charge in [-0.3, -0.25) is 10.1 Å². The fourth-order valence-electron chi connectivity index (χ4n) is 2.42. The summed E-state index contributed by atoms with van der Waals surface area (Å²) >= 11 is 0. The van der Waals surface area contributed by atoms with E-state index in [1.54, 1.807) is 12.3 Å². The Labute approximate surface area is 110 Å². The Morgan fingerprint density at radius 2 is 2.21 bits per heavy atom. The van der Waals surface area contributed by atoms with Gasteiger partial charge in [-0.1, -0.05) is 12.1 Å². The Bertz CT molecular complexity index is 638. The molecule has 1 aromatic heterocycles. The van der Waals surface area contributed by atoms with Crippen molar-refractivity contribution in [1.82, 2.24) is 4.98 Å². The monoisotopic (exact) mass is 258 g/mol. The maximum Gasteiger partial charge on any atom is 0.295 e. The highest BCUT2D eigenvalue weighted by Crippen LogP contribution is 2.35. The number of para-hydroxylation sites is 1. The molecule has 1 heterocycles. The zero-order chi connectivity index (χ0) is 13.4. The van der Waals surface area contributed by atoms with Gasteiger partial charge in [0.05, 0.1) is 11.0 Å². The summed E-state index contributed by atoms with van der Waals surface area (Å²) in [5.41, 5.74) is 1.33. The number of nitro benzene ring substituents is 1. The van der Waals surface area contributed by atoms with E-state index < -0.39 is 4.92 Å². The van der Waals surface area contributed by atoms with Crippen molar-refractivity contribution in [1.29, 1.82) is 0 Å². The van der Waals surface area contributed by atoms with Crippen LogP contribution in [-0.2, 0) is 6.42 Å². The first-order valence-electron chi connectivity index (χ1n) is 6.36. The van der Waals surface area contributed by atoms with Crippen LogP contribution in [0.2, 0.25) is 0 Å². The average molecular weight is 258 g/mol. The lowest BCUT2D eigenvalue weighted by molar-refractivity contribution is -0.383. The van der Waals surface area contributed by atoms with Crippen LogP contribution in [0.3, 0.4) is 0 Å². The SMILES string of the molecule is O=[N+]([O-])c1cccc2c(CC(O)C3CC3)ccnc12. The number of pyridine rings is 1. The van der Waals surface area contributed by atoms with Gasteiger partial charge < -0.3 is 5.11 Å². The van der Waals surface area contributed by atoms with Gasteiger partial charge in [0, 0.05) is 17.6 Å². The van der Waals surface area contributed by atoms with Crippen molar-refractivity contribution in [2.45, 2.75) is 25.4 Å². The summed E-state index contributed by atoms with van der Waals surface area (Å²) in [4.78, 5) is 14.7. The number of aliphatic hydroxyl groups is 1. The second kappa shape index (κ2) is 4.59. The molecule has 1 aromatic carbocycles. The molecular weight excluding hydrogens is 244 g/mol. The van der Waals surface area contributed by atoms with Crippen molar-refractivity contribution in [3.8, 4) is 0 Å². The molecule has 0 saturated heterocycles. The minimum atomic E-state index is -0.420. The number of rotatable bonds is 4. The van der Waals surface area contributed by atoms with Crippen LogP contribution in [0.25, 0.3) is 10.9 Å². The first-order valence-corrected chi connectivity index (χ1v) is 6.36. The summed E-state index contributed by atoms with van der Waals surface area (Å²) in [6.07, 6.45) is 3.90. The predicted octanol–water partition coefficient (Wildman–Crippen LogP) is 2.46. The lowest BCUT2D eigenvalue weighted by atomic mass is 10.0. The van der Waals surface area contributed by atoms with Crippen LogP contribution >= 0.6 is 0 Å². The number of benzene rings is 1. The molecule has 0 aliphatic heterocycles. The summed E-state index contributed by atoms with van der Waals surface area (Å²) in [6.45, 7) is 0. The predicted molar refractivity (Wildman–Crippen MR) is 70.8 cm³/mol. The van der Waals surface area contributed by atoms with Crippen LogP contribution in [-0.4, -0.2) is 21.1 Å². The van der Waals surface area contributed by atoms with Gasteiger partial charge in [-0.05, 0) is 36.8 Å². The third-order valence-electron chi connectivity index (χ3n) is 3.63. The number of fused-ring (bicyclic) bond motifs is 1. The summed E-state index contributed by atoms with van der Waals surface area (Å²) in [5.74, 6) is 0.391. The Balaban J connectivity index is 2.05. The molecule has 5 nitrogen and oxygen atoms in total. The maximum absolute atomic E-state index is 11.0. The molecule has 0 radical (unpaired) electrons. The van der Waals surface area contributed by atoms with Crippen molar-refractivity contribution < 1.29 is 10.0 Å². The van der Waals surface area contributed by atoms with Crippen molar-refractivity contribution in [3.63, 3.8) is 0 Å². The number of aromatic nitrogens is 1. The molecule has 1 aliphatic rings. The molecule has 1 unspecified atom stereocenters. The Kier molecular flexibility index (Phi) is 2.91. The van der Waals surface area contributed by atoms with Gasteiger partial charge in [-0.15, -0.1) is 0 Å². The van der Waals surface area contributed by atoms with Crippen molar-refractivity contribution in [2.24, 2.45) is 5.92 Å². The summed E-state index contributed by atoms with van der Waals surface area (Å²) < 4.78 is 0. The number of hydrogen-bond donors (Lipinski definition) is 1. The molecule has 1 fully saturated rings. The van der Waals surface area contributed by atoms with E-state index in [-0.39, 0.29) is 11.8 Å². The molecule has 1 saturated carbocycles. The molecule has 1 aliphatic carbocycles.